The van der Waals surface area contributed by atoms with E-state index < -0.39 is 15.8 Å². The van der Waals surface area contributed by atoms with E-state index in [0.29, 0.717) is 5.56 Å². The van der Waals surface area contributed by atoms with Gasteiger partial charge in [0.1, 0.15) is 0 Å². The first kappa shape index (κ1) is 13.7. The van der Waals surface area contributed by atoms with Crippen LogP contribution in [0, 0.1) is 0 Å². The molecule has 0 spiro atoms. The quantitative estimate of drug-likeness (QED) is 0.774. The minimum Gasteiger partial charge on any atom is -0.481 e. The Morgan fingerprint density at radius 2 is 1.76 bits per heavy atom. The topological polar surface area (TPSA) is 91.7 Å². The number of carboxylic acids is 1. The predicted octanol–water partition coefficient (Wildman–Crippen LogP) is 0.470. The van der Waals surface area contributed by atoms with E-state index in [0.717, 1.165) is 0 Å². The molecular weight excluding hydrogens is 244 g/mol. The van der Waals surface area contributed by atoms with E-state index in [1.807, 2.05) is 0 Å². The summed E-state index contributed by atoms with van der Waals surface area (Å²) in [4.78, 5) is 10.6. The first-order valence-electron chi connectivity index (χ1n) is 5.10. The lowest BCUT2D eigenvalue weighted by atomic mass is 10.2. The average Bonchev–Trinajstić information content (AvgIpc) is 2.26. The van der Waals surface area contributed by atoms with Crippen LogP contribution in [0.2, 0.25) is 0 Å². The molecule has 1 rings (SSSR count). The fourth-order valence-electron chi connectivity index (χ4n) is 1.36. The molecule has 6 heteroatoms. The number of hydrogen-bond donors (Lipinski definition) is 2. The Bertz CT molecular complexity index is 475. The first-order chi connectivity index (χ1) is 7.95. The Kier molecular flexibility index (Phi) is 4.65. The summed E-state index contributed by atoms with van der Waals surface area (Å²) >= 11 is 0. The van der Waals surface area contributed by atoms with Crippen LogP contribution in [0.3, 0.4) is 0 Å². The zero-order valence-corrected chi connectivity index (χ0v) is 9.98. The van der Waals surface area contributed by atoms with Crippen molar-refractivity contribution in [2.24, 2.45) is 0 Å². The Morgan fingerprint density at radius 1 is 1.18 bits per heavy atom. The Hall–Kier alpha value is -1.40. The van der Waals surface area contributed by atoms with E-state index in [9.17, 15) is 13.2 Å². The maximum atomic E-state index is 11.7. The summed E-state index contributed by atoms with van der Waals surface area (Å²) in [6, 6.07) is 5.76. The van der Waals surface area contributed by atoms with Crippen molar-refractivity contribution in [2.45, 2.75) is 17.7 Å². The van der Waals surface area contributed by atoms with Crippen LogP contribution in [0.4, 0.5) is 0 Å². The third-order valence-electron chi connectivity index (χ3n) is 2.21. The normalized spacial score (nSPS) is 11.4. The van der Waals surface area contributed by atoms with Gasteiger partial charge in [0.15, 0.2) is 9.84 Å². The van der Waals surface area contributed by atoms with Gasteiger partial charge in [0, 0.05) is 6.61 Å². The molecule has 0 fully saturated rings. The fraction of sp³-hybridized carbons (Fsp3) is 0.364. The van der Waals surface area contributed by atoms with Gasteiger partial charge in [-0.2, -0.15) is 0 Å². The third kappa shape index (κ3) is 4.16. The van der Waals surface area contributed by atoms with Crippen molar-refractivity contribution in [1.29, 1.82) is 0 Å². The number of hydrogen-bond acceptors (Lipinski definition) is 4. The van der Waals surface area contributed by atoms with Crippen LogP contribution in [-0.4, -0.2) is 37.0 Å². The highest BCUT2D eigenvalue weighted by molar-refractivity contribution is 7.91. The minimum absolute atomic E-state index is 0.109. The molecule has 0 amide bonds. The van der Waals surface area contributed by atoms with Gasteiger partial charge in [0.25, 0.3) is 0 Å². The highest BCUT2D eigenvalue weighted by Crippen LogP contribution is 2.13. The van der Waals surface area contributed by atoms with E-state index >= 15 is 0 Å². The first-order valence-corrected chi connectivity index (χ1v) is 6.75. The van der Waals surface area contributed by atoms with Gasteiger partial charge in [-0.05, 0) is 24.1 Å². The summed E-state index contributed by atoms with van der Waals surface area (Å²) in [5, 5.41) is 17.2. The standard InChI is InChI=1S/C11H14O5S/c12-6-1-7-17(15,16)10-4-2-9(3-5-10)8-11(13)14/h2-5,12H,1,6-8H2,(H,13,14). The highest BCUT2D eigenvalue weighted by Gasteiger charge is 2.13. The summed E-state index contributed by atoms with van der Waals surface area (Å²) in [5.41, 5.74) is 0.554. The van der Waals surface area contributed by atoms with Crippen molar-refractivity contribution < 1.29 is 23.4 Å². The molecule has 5 nitrogen and oxygen atoms in total. The number of carboxylic acid groups (broad SMARTS) is 1. The number of sulfone groups is 1. The Morgan fingerprint density at radius 3 is 2.24 bits per heavy atom. The Balaban J connectivity index is 2.83. The molecule has 0 saturated carbocycles. The second-order valence-electron chi connectivity index (χ2n) is 3.61. The number of rotatable bonds is 6. The van der Waals surface area contributed by atoms with Crippen molar-refractivity contribution in [3.05, 3.63) is 29.8 Å². The average molecular weight is 258 g/mol. The lowest BCUT2D eigenvalue weighted by Crippen LogP contribution is -2.08. The lowest BCUT2D eigenvalue weighted by Gasteiger charge is -2.04. The van der Waals surface area contributed by atoms with Crippen LogP contribution in [0.15, 0.2) is 29.2 Å². The van der Waals surface area contributed by atoms with Gasteiger partial charge in [-0.1, -0.05) is 12.1 Å². The molecule has 0 saturated heterocycles. The molecular formula is C11H14O5S. The van der Waals surface area contributed by atoms with Gasteiger partial charge in [0.05, 0.1) is 17.1 Å². The molecule has 0 aliphatic rings. The van der Waals surface area contributed by atoms with Crippen molar-refractivity contribution in [1.82, 2.24) is 0 Å². The zero-order valence-electron chi connectivity index (χ0n) is 9.17. The summed E-state index contributed by atoms with van der Waals surface area (Å²) < 4.78 is 23.4. The predicted molar refractivity (Wildman–Crippen MR) is 61.5 cm³/mol. The summed E-state index contributed by atoms with van der Waals surface area (Å²) in [5.74, 6) is -1.07. The summed E-state index contributed by atoms with van der Waals surface area (Å²) in [6.07, 6.45) is 0.0657. The number of aliphatic hydroxyl groups is 1. The van der Waals surface area contributed by atoms with Crippen LogP contribution < -0.4 is 0 Å². The molecule has 94 valence electrons. The monoisotopic (exact) mass is 258 g/mol. The Labute approximate surface area is 99.6 Å². The molecule has 17 heavy (non-hydrogen) atoms. The third-order valence-corrected chi connectivity index (χ3v) is 4.03. The second kappa shape index (κ2) is 5.79. The maximum absolute atomic E-state index is 11.7. The SMILES string of the molecule is O=C(O)Cc1ccc(S(=O)(=O)CCCO)cc1. The lowest BCUT2D eigenvalue weighted by molar-refractivity contribution is -0.136. The molecule has 0 aliphatic heterocycles. The smallest absolute Gasteiger partial charge is 0.307 e. The van der Waals surface area contributed by atoms with Crippen molar-refractivity contribution >= 4 is 15.8 Å². The molecule has 0 aliphatic carbocycles. The highest BCUT2D eigenvalue weighted by atomic mass is 32.2. The number of aliphatic hydroxyl groups excluding tert-OH is 1. The van der Waals surface area contributed by atoms with Gasteiger partial charge in [0.2, 0.25) is 0 Å². The van der Waals surface area contributed by atoms with Crippen molar-refractivity contribution in [3.63, 3.8) is 0 Å². The van der Waals surface area contributed by atoms with Crippen LogP contribution in [0.1, 0.15) is 12.0 Å². The largest absolute Gasteiger partial charge is 0.481 e. The summed E-state index contributed by atoms with van der Waals surface area (Å²) in [7, 11) is -3.38. The molecule has 0 heterocycles. The molecule has 0 aromatic heterocycles. The number of benzene rings is 1. The molecule has 2 N–H and O–H groups in total. The summed E-state index contributed by atoms with van der Waals surface area (Å²) in [6.45, 7) is -0.170. The van der Waals surface area contributed by atoms with Crippen LogP contribution in [0.5, 0.6) is 0 Å². The van der Waals surface area contributed by atoms with Gasteiger partial charge >= 0.3 is 5.97 Å². The van der Waals surface area contributed by atoms with Gasteiger partial charge < -0.3 is 10.2 Å². The molecule has 1 aromatic rings. The van der Waals surface area contributed by atoms with Crippen molar-refractivity contribution in [3.8, 4) is 0 Å². The number of carbonyl (C=O) groups is 1. The van der Waals surface area contributed by atoms with E-state index in [-0.39, 0.29) is 30.1 Å². The van der Waals surface area contributed by atoms with Crippen molar-refractivity contribution in [2.75, 3.05) is 12.4 Å². The van der Waals surface area contributed by atoms with Crippen LogP contribution in [0.25, 0.3) is 0 Å². The molecule has 0 atom stereocenters. The van der Waals surface area contributed by atoms with E-state index in [1.54, 1.807) is 0 Å². The molecule has 0 bridgehead atoms. The minimum atomic E-state index is -3.38. The van der Waals surface area contributed by atoms with Gasteiger partial charge in [-0.15, -0.1) is 0 Å². The van der Waals surface area contributed by atoms with Crippen LogP contribution >= 0.6 is 0 Å². The second-order valence-corrected chi connectivity index (χ2v) is 5.72. The molecule has 0 radical (unpaired) electrons. The molecule has 1 aromatic carbocycles. The molecule has 0 unspecified atom stereocenters. The van der Waals surface area contributed by atoms with Gasteiger partial charge in [-0.25, -0.2) is 8.42 Å². The van der Waals surface area contributed by atoms with E-state index in [4.69, 9.17) is 10.2 Å². The van der Waals surface area contributed by atoms with Crippen LogP contribution in [-0.2, 0) is 21.1 Å². The maximum Gasteiger partial charge on any atom is 0.307 e. The fourth-order valence-corrected chi connectivity index (χ4v) is 2.66. The van der Waals surface area contributed by atoms with Gasteiger partial charge in [-0.3, -0.25) is 4.79 Å². The van der Waals surface area contributed by atoms with E-state index in [1.165, 1.54) is 24.3 Å². The number of aliphatic carboxylic acids is 1. The zero-order chi connectivity index (χ0) is 12.9. The van der Waals surface area contributed by atoms with E-state index in [2.05, 4.69) is 0 Å².